The molecule has 2 aromatic carbocycles. The highest BCUT2D eigenvalue weighted by Crippen LogP contribution is 2.40. The fraction of sp³-hybridized carbons (Fsp3) is 0.118. The summed E-state index contributed by atoms with van der Waals surface area (Å²) in [5, 5.41) is 3.07. The smallest absolute Gasteiger partial charge is 0.172 e. The topological polar surface area (TPSA) is 17.1 Å². The second-order valence-corrected chi connectivity index (χ2v) is 6.82. The van der Waals surface area contributed by atoms with Gasteiger partial charge in [-0.1, -0.05) is 36.4 Å². The first-order valence-electron chi connectivity index (χ1n) is 6.53. The molecule has 1 aliphatic rings. The van der Waals surface area contributed by atoms with Gasteiger partial charge in [-0.25, -0.2) is 0 Å². The first-order chi connectivity index (χ1) is 9.75. The van der Waals surface area contributed by atoms with Crippen LogP contribution in [-0.2, 0) is 6.42 Å². The summed E-state index contributed by atoms with van der Waals surface area (Å²) in [5.74, 6) is 0.302. The maximum Gasteiger partial charge on any atom is 0.172 e. The third kappa shape index (κ3) is 1.70. The minimum Gasteiger partial charge on any atom is -0.293 e. The maximum absolute atomic E-state index is 12.8. The van der Waals surface area contributed by atoms with Crippen LogP contribution < -0.4 is 0 Å². The van der Waals surface area contributed by atoms with Crippen molar-refractivity contribution in [3.63, 3.8) is 0 Å². The summed E-state index contributed by atoms with van der Waals surface area (Å²) in [5.41, 5.74) is 3.38. The van der Waals surface area contributed by atoms with E-state index in [-0.39, 0.29) is 11.7 Å². The molecule has 0 saturated heterocycles. The molecule has 0 radical (unpaired) electrons. The van der Waals surface area contributed by atoms with Crippen molar-refractivity contribution < 1.29 is 4.79 Å². The Morgan fingerprint density at radius 3 is 2.85 bits per heavy atom. The van der Waals surface area contributed by atoms with Crippen molar-refractivity contribution in [2.24, 2.45) is 0 Å². The summed E-state index contributed by atoms with van der Waals surface area (Å²) >= 11 is 5.19. The molecule has 20 heavy (non-hydrogen) atoms. The Kier molecular flexibility index (Phi) is 2.79. The molecule has 1 nitrogen and oxygen atoms in total. The van der Waals surface area contributed by atoms with Crippen LogP contribution >= 0.6 is 27.3 Å². The van der Waals surface area contributed by atoms with Gasteiger partial charge in [0.15, 0.2) is 5.78 Å². The second-order valence-electron chi connectivity index (χ2n) is 5.09. The van der Waals surface area contributed by atoms with E-state index in [1.165, 1.54) is 11.1 Å². The summed E-state index contributed by atoms with van der Waals surface area (Å²) in [6.07, 6.45) is 0.875. The number of carbonyl (C=O) groups excluding carboxylic acids is 1. The molecule has 0 spiro atoms. The van der Waals surface area contributed by atoms with Gasteiger partial charge in [0.25, 0.3) is 0 Å². The van der Waals surface area contributed by atoms with Gasteiger partial charge < -0.3 is 0 Å². The minimum atomic E-state index is 0.0444. The number of thiophene rings is 1. The number of benzene rings is 2. The molecule has 0 N–H and O–H groups in total. The van der Waals surface area contributed by atoms with Crippen molar-refractivity contribution in [1.29, 1.82) is 0 Å². The van der Waals surface area contributed by atoms with Gasteiger partial charge in [-0.15, -0.1) is 11.3 Å². The van der Waals surface area contributed by atoms with Gasteiger partial charge in [-0.2, -0.15) is 0 Å². The molecule has 98 valence electrons. The largest absolute Gasteiger partial charge is 0.293 e. The van der Waals surface area contributed by atoms with E-state index in [0.29, 0.717) is 0 Å². The third-order valence-corrected chi connectivity index (χ3v) is 5.94. The van der Waals surface area contributed by atoms with E-state index in [1.54, 1.807) is 11.3 Å². The van der Waals surface area contributed by atoms with E-state index in [9.17, 15) is 4.79 Å². The van der Waals surface area contributed by atoms with Gasteiger partial charge >= 0.3 is 0 Å². The highest BCUT2D eigenvalue weighted by Gasteiger charge is 2.33. The lowest BCUT2D eigenvalue weighted by atomic mass is 9.74. The van der Waals surface area contributed by atoms with Gasteiger partial charge in [0.2, 0.25) is 0 Å². The average Bonchev–Trinajstić information content (AvgIpc) is 2.85. The van der Waals surface area contributed by atoms with Crippen LogP contribution in [0.15, 0.2) is 52.3 Å². The number of halogens is 1. The van der Waals surface area contributed by atoms with Crippen molar-refractivity contribution in [2.45, 2.75) is 12.3 Å². The highest BCUT2D eigenvalue weighted by atomic mass is 79.9. The summed E-state index contributed by atoms with van der Waals surface area (Å²) in [6, 6.07) is 14.3. The zero-order valence-corrected chi connectivity index (χ0v) is 13.0. The van der Waals surface area contributed by atoms with E-state index in [4.69, 9.17) is 0 Å². The molecule has 1 aromatic heterocycles. The molecule has 1 unspecified atom stereocenters. The van der Waals surface area contributed by atoms with Crippen LogP contribution in [0.3, 0.4) is 0 Å². The van der Waals surface area contributed by atoms with E-state index in [1.807, 2.05) is 35.7 Å². The Morgan fingerprint density at radius 2 is 2.00 bits per heavy atom. The lowest BCUT2D eigenvalue weighted by molar-refractivity contribution is 0.0951. The van der Waals surface area contributed by atoms with Crippen molar-refractivity contribution in [3.05, 3.63) is 69.0 Å². The van der Waals surface area contributed by atoms with E-state index in [2.05, 4.69) is 28.1 Å². The number of rotatable bonds is 2. The lowest BCUT2D eigenvalue weighted by Gasteiger charge is -2.28. The molecule has 0 fully saturated rings. The molecule has 3 heteroatoms. The van der Waals surface area contributed by atoms with Gasteiger partial charge in [0.05, 0.1) is 5.92 Å². The van der Waals surface area contributed by atoms with E-state index < -0.39 is 0 Å². The zero-order valence-electron chi connectivity index (χ0n) is 10.6. The van der Waals surface area contributed by atoms with Gasteiger partial charge in [0.1, 0.15) is 0 Å². The van der Waals surface area contributed by atoms with Crippen molar-refractivity contribution in [1.82, 2.24) is 0 Å². The predicted molar refractivity (Wildman–Crippen MR) is 86.7 cm³/mol. The number of ketones is 1. The standard InChI is InChI=1S/C17H11BrOS/c18-15-7-3-6-12-14(9-20-17(12)15)16(19)13-8-10-4-1-2-5-11(10)13/h1-7,9,13H,8H2. The quantitative estimate of drug-likeness (QED) is 0.586. The summed E-state index contributed by atoms with van der Waals surface area (Å²) in [4.78, 5) is 12.8. The molecule has 1 aliphatic carbocycles. The number of hydrogen-bond donors (Lipinski definition) is 0. The zero-order chi connectivity index (χ0) is 13.7. The monoisotopic (exact) mass is 342 g/mol. The molecule has 1 heterocycles. The molecular formula is C17H11BrOS. The van der Waals surface area contributed by atoms with Crippen molar-refractivity contribution in [2.75, 3.05) is 0 Å². The Hall–Kier alpha value is -1.45. The molecular weight excluding hydrogens is 332 g/mol. The van der Waals surface area contributed by atoms with Crippen molar-refractivity contribution in [3.8, 4) is 0 Å². The fourth-order valence-corrected chi connectivity index (χ4v) is 4.50. The predicted octanol–water partition coefficient (Wildman–Crippen LogP) is 5.19. The average molecular weight is 343 g/mol. The Labute approximate surface area is 129 Å². The molecule has 1 atom stereocenters. The lowest BCUT2D eigenvalue weighted by Crippen LogP contribution is -2.25. The summed E-state index contributed by atoms with van der Waals surface area (Å²) in [7, 11) is 0. The van der Waals surface area contributed by atoms with Crippen molar-refractivity contribution >= 4 is 43.1 Å². The normalized spacial score (nSPS) is 16.8. The SMILES string of the molecule is O=C(c1csc2c(Br)cccc12)C1Cc2ccccc21. The molecule has 4 rings (SSSR count). The third-order valence-electron chi connectivity index (χ3n) is 3.99. The maximum atomic E-state index is 12.8. The fourth-order valence-electron chi connectivity index (χ4n) is 2.89. The molecule has 0 amide bonds. The molecule has 0 saturated carbocycles. The number of fused-ring (bicyclic) bond motifs is 2. The van der Waals surface area contributed by atoms with Crippen LogP contribution in [0, 0.1) is 0 Å². The summed E-state index contributed by atoms with van der Waals surface area (Å²) in [6.45, 7) is 0. The summed E-state index contributed by atoms with van der Waals surface area (Å²) < 4.78 is 2.22. The van der Waals surface area contributed by atoms with Gasteiger partial charge in [-0.05, 0) is 39.5 Å². The first-order valence-corrected chi connectivity index (χ1v) is 8.20. The second kappa shape index (κ2) is 4.54. The van der Waals surface area contributed by atoms with Gasteiger partial charge in [-0.3, -0.25) is 4.79 Å². The van der Waals surface area contributed by atoms with Crippen LogP contribution in [0.25, 0.3) is 10.1 Å². The van der Waals surface area contributed by atoms with E-state index in [0.717, 1.165) is 26.5 Å². The van der Waals surface area contributed by atoms with Crippen LogP contribution in [0.2, 0.25) is 0 Å². The molecule has 3 aromatic rings. The van der Waals surface area contributed by atoms with E-state index >= 15 is 0 Å². The molecule has 0 bridgehead atoms. The Bertz CT molecular complexity index is 834. The highest BCUT2D eigenvalue weighted by molar-refractivity contribution is 9.10. The molecule has 0 aliphatic heterocycles. The first kappa shape index (κ1) is 12.3. The number of hydrogen-bond acceptors (Lipinski definition) is 2. The minimum absolute atomic E-state index is 0.0444. The van der Waals surface area contributed by atoms with Crippen LogP contribution in [0.5, 0.6) is 0 Å². The Morgan fingerprint density at radius 1 is 1.15 bits per heavy atom. The van der Waals surface area contributed by atoms with Crippen LogP contribution in [-0.4, -0.2) is 5.78 Å². The number of Topliss-reactive ketones (excluding diaryl/α,β-unsaturated/α-hetero) is 1. The number of carbonyl (C=O) groups is 1. The van der Waals surface area contributed by atoms with Crippen LogP contribution in [0.1, 0.15) is 27.4 Å². The van der Waals surface area contributed by atoms with Crippen LogP contribution in [0.4, 0.5) is 0 Å². The van der Waals surface area contributed by atoms with Gasteiger partial charge in [0, 0.05) is 25.5 Å². The Balaban J connectivity index is 1.78.